The minimum atomic E-state index is -4.99. The van der Waals surface area contributed by atoms with Crippen LogP contribution >= 0.6 is 12.4 Å². The lowest BCUT2D eigenvalue weighted by molar-refractivity contribution is -0.143. The number of halogens is 7. The Morgan fingerprint density at radius 2 is 1.52 bits per heavy atom. The first-order valence-electron chi connectivity index (χ1n) is 6.23. The fourth-order valence-corrected chi connectivity index (χ4v) is 1.54. The Kier molecular flexibility index (Phi) is 7.36. The number of hydrogen-bond acceptors (Lipinski definition) is 2. The first-order chi connectivity index (χ1) is 9.95. The normalized spacial score (nSPS) is 13.2. The van der Waals surface area contributed by atoms with E-state index in [-0.39, 0.29) is 37.5 Å². The van der Waals surface area contributed by atoms with Crippen LogP contribution in [0.2, 0.25) is 0 Å². The highest BCUT2D eigenvalue weighted by atomic mass is 35.5. The van der Waals surface area contributed by atoms with Crippen molar-refractivity contribution in [1.82, 2.24) is 5.32 Å². The molecule has 0 saturated carbocycles. The predicted octanol–water partition coefficient (Wildman–Crippen LogP) is 3.47. The van der Waals surface area contributed by atoms with E-state index in [1.54, 1.807) is 6.92 Å². The number of nitrogens with two attached hydrogens (primary N) is 1. The van der Waals surface area contributed by atoms with Crippen molar-refractivity contribution in [2.45, 2.75) is 19.3 Å². The number of carbonyl (C=O) groups excluding carboxylic acids is 1. The van der Waals surface area contributed by atoms with E-state index in [1.165, 1.54) is 0 Å². The third-order valence-electron chi connectivity index (χ3n) is 2.86. The topological polar surface area (TPSA) is 55.1 Å². The minimum absolute atomic E-state index is 0. The molecular formula is C13H15ClF6N2O. The molecule has 0 aliphatic carbocycles. The predicted molar refractivity (Wildman–Crippen MR) is 74.2 cm³/mol. The van der Waals surface area contributed by atoms with Crippen LogP contribution < -0.4 is 11.1 Å². The van der Waals surface area contributed by atoms with Gasteiger partial charge < -0.3 is 11.1 Å². The van der Waals surface area contributed by atoms with Gasteiger partial charge in [0.25, 0.3) is 5.91 Å². The van der Waals surface area contributed by atoms with E-state index in [2.05, 4.69) is 5.32 Å². The van der Waals surface area contributed by atoms with Crippen molar-refractivity contribution >= 4 is 18.3 Å². The second kappa shape index (κ2) is 7.87. The van der Waals surface area contributed by atoms with Crippen molar-refractivity contribution < 1.29 is 31.1 Å². The molecule has 3 nitrogen and oxygen atoms in total. The van der Waals surface area contributed by atoms with Crippen LogP contribution in [0.25, 0.3) is 0 Å². The summed E-state index contributed by atoms with van der Waals surface area (Å²) in [6, 6.07) is 0.745. The van der Waals surface area contributed by atoms with E-state index < -0.39 is 35.0 Å². The molecule has 0 aliphatic rings. The molecule has 0 saturated heterocycles. The van der Waals surface area contributed by atoms with Crippen molar-refractivity contribution in [3.63, 3.8) is 0 Å². The van der Waals surface area contributed by atoms with Gasteiger partial charge in [0.2, 0.25) is 0 Å². The highest BCUT2D eigenvalue weighted by molar-refractivity contribution is 5.94. The number of alkyl halides is 6. The molecule has 10 heteroatoms. The van der Waals surface area contributed by atoms with E-state index >= 15 is 0 Å². The number of amides is 1. The van der Waals surface area contributed by atoms with Crippen LogP contribution in [0, 0.1) is 5.92 Å². The molecule has 1 rings (SSSR count). The molecule has 1 atom stereocenters. The summed E-state index contributed by atoms with van der Waals surface area (Å²) in [5.41, 5.74) is 1.55. The molecule has 0 aliphatic heterocycles. The molecule has 1 aromatic rings. The lowest BCUT2D eigenvalue weighted by Crippen LogP contribution is -2.31. The average Bonchev–Trinajstić information content (AvgIpc) is 2.41. The van der Waals surface area contributed by atoms with Gasteiger partial charge in [0, 0.05) is 12.1 Å². The molecule has 0 spiro atoms. The number of hydrogen-bond donors (Lipinski definition) is 2. The van der Waals surface area contributed by atoms with E-state index in [4.69, 9.17) is 5.73 Å². The molecule has 23 heavy (non-hydrogen) atoms. The average molecular weight is 365 g/mol. The van der Waals surface area contributed by atoms with Crippen molar-refractivity contribution in [3.05, 3.63) is 34.9 Å². The lowest BCUT2D eigenvalue weighted by Gasteiger charge is -2.15. The zero-order valence-electron chi connectivity index (χ0n) is 11.9. The van der Waals surface area contributed by atoms with Gasteiger partial charge in [0.1, 0.15) is 0 Å². The number of benzene rings is 1. The summed E-state index contributed by atoms with van der Waals surface area (Å²) in [6.45, 7) is 1.94. The van der Waals surface area contributed by atoms with E-state index in [9.17, 15) is 31.1 Å². The van der Waals surface area contributed by atoms with Crippen LogP contribution in [0.4, 0.5) is 26.3 Å². The Labute approximate surface area is 134 Å². The van der Waals surface area contributed by atoms with Crippen molar-refractivity contribution in [1.29, 1.82) is 0 Å². The second-order valence-electron chi connectivity index (χ2n) is 4.85. The molecule has 0 radical (unpaired) electrons. The van der Waals surface area contributed by atoms with E-state index in [0.717, 1.165) is 0 Å². The minimum Gasteiger partial charge on any atom is -0.352 e. The molecule has 3 N–H and O–H groups in total. The van der Waals surface area contributed by atoms with Crippen LogP contribution in [-0.2, 0) is 12.4 Å². The molecular weight excluding hydrogens is 350 g/mol. The third-order valence-corrected chi connectivity index (χ3v) is 2.86. The smallest absolute Gasteiger partial charge is 0.352 e. The van der Waals surface area contributed by atoms with Gasteiger partial charge in [-0.15, -0.1) is 12.4 Å². The summed E-state index contributed by atoms with van der Waals surface area (Å²) in [5, 5.41) is 2.25. The van der Waals surface area contributed by atoms with Gasteiger partial charge in [0.15, 0.2) is 0 Å². The van der Waals surface area contributed by atoms with Gasteiger partial charge in [-0.2, -0.15) is 26.3 Å². The van der Waals surface area contributed by atoms with Crippen LogP contribution in [0.5, 0.6) is 0 Å². The highest BCUT2D eigenvalue weighted by Crippen LogP contribution is 2.36. The maximum Gasteiger partial charge on any atom is 0.416 e. The molecule has 1 amide bonds. The fraction of sp³-hybridized carbons (Fsp3) is 0.462. The molecule has 1 aromatic carbocycles. The molecule has 0 aromatic heterocycles. The van der Waals surface area contributed by atoms with Gasteiger partial charge in [-0.25, -0.2) is 0 Å². The monoisotopic (exact) mass is 364 g/mol. The van der Waals surface area contributed by atoms with Crippen molar-refractivity contribution in [2.75, 3.05) is 13.1 Å². The van der Waals surface area contributed by atoms with Crippen LogP contribution in [-0.4, -0.2) is 19.0 Å². The molecule has 0 heterocycles. The second-order valence-corrected chi connectivity index (χ2v) is 4.85. The SMILES string of the molecule is CC(CN)CNC(=O)c1cc(C(F)(F)F)cc(C(F)(F)F)c1.Cl. The highest BCUT2D eigenvalue weighted by Gasteiger charge is 2.37. The Balaban J connectivity index is 0.00000484. The lowest BCUT2D eigenvalue weighted by atomic mass is 10.0. The number of carbonyl (C=O) groups is 1. The summed E-state index contributed by atoms with van der Waals surface area (Å²) in [6.07, 6.45) is -9.97. The van der Waals surface area contributed by atoms with Gasteiger partial charge >= 0.3 is 12.4 Å². The summed E-state index contributed by atoms with van der Waals surface area (Å²) in [4.78, 5) is 11.7. The first-order valence-corrected chi connectivity index (χ1v) is 6.23. The third kappa shape index (κ3) is 6.26. The Hall–Kier alpha value is -1.48. The van der Waals surface area contributed by atoms with Gasteiger partial charge in [0.05, 0.1) is 11.1 Å². The fourth-order valence-electron chi connectivity index (χ4n) is 1.54. The first kappa shape index (κ1) is 21.5. The molecule has 0 bridgehead atoms. The maximum atomic E-state index is 12.7. The zero-order valence-corrected chi connectivity index (χ0v) is 12.7. The van der Waals surface area contributed by atoms with Crippen molar-refractivity contribution in [2.24, 2.45) is 11.7 Å². The van der Waals surface area contributed by atoms with Gasteiger partial charge in [-0.05, 0) is 30.7 Å². The number of nitrogens with one attached hydrogen (secondary N) is 1. The Bertz CT molecular complexity index is 512. The van der Waals surface area contributed by atoms with Crippen molar-refractivity contribution in [3.8, 4) is 0 Å². The Morgan fingerprint density at radius 3 is 1.87 bits per heavy atom. The van der Waals surface area contributed by atoms with Gasteiger partial charge in [-0.3, -0.25) is 4.79 Å². The van der Waals surface area contributed by atoms with E-state index in [1.807, 2.05) is 0 Å². The quantitative estimate of drug-likeness (QED) is 0.804. The summed E-state index contributed by atoms with van der Waals surface area (Å²) in [5.74, 6) is -1.17. The maximum absolute atomic E-state index is 12.7. The molecule has 132 valence electrons. The summed E-state index contributed by atoms with van der Waals surface area (Å²) in [7, 11) is 0. The summed E-state index contributed by atoms with van der Waals surface area (Å²) < 4.78 is 75.9. The number of rotatable bonds is 4. The van der Waals surface area contributed by atoms with Crippen LogP contribution in [0.3, 0.4) is 0 Å². The molecule has 0 fully saturated rings. The van der Waals surface area contributed by atoms with E-state index in [0.29, 0.717) is 12.1 Å². The van der Waals surface area contributed by atoms with Crippen LogP contribution in [0.15, 0.2) is 18.2 Å². The van der Waals surface area contributed by atoms with Crippen LogP contribution in [0.1, 0.15) is 28.4 Å². The standard InChI is InChI=1S/C13H14F6N2O.ClH/c1-7(5-20)6-21-11(22)8-2-9(12(14,15)16)4-10(3-8)13(17,18)19;/h2-4,7H,5-6,20H2,1H3,(H,21,22);1H. The zero-order chi connectivity index (χ0) is 17.1. The Morgan fingerprint density at radius 1 is 1.09 bits per heavy atom. The molecule has 1 unspecified atom stereocenters. The van der Waals surface area contributed by atoms with Gasteiger partial charge in [-0.1, -0.05) is 6.92 Å². The summed E-state index contributed by atoms with van der Waals surface area (Å²) >= 11 is 0. The largest absolute Gasteiger partial charge is 0.416 e.